The van der Waals surface area contributed by atoms with Crippen molar-refractivity contribution in [1.29, 1.82) is 0 Å². The van der Waals surface area contributed by atoms with Crippen LogP contribution in [0.1, 0.15) is 30.7 Å². The third-order valence-corrected chi connectivity index (χ3v) is 6.53. The fourth-order valence-corrected chi connectivity index (χ4v) is 4.77. The van der Waals surface area contributed by atoms with Crippen LogP contribution in [-0.2, 0) is 6.54 Å². The first-order valence-electron chi connectivity index (χ1n) is 11.0. The quantitative estimate of drug-likeness (QED) is 0.487. The number of rotatable bonds is 9. The van der Waals surface area contributed by atoms with Gasteiger partial charge in [0, 0.05) is 23.7 Å². The SMILES string of the molecule is COc1ccc(-n2c(CNc3ccc(C)cc3)nnc2SCCN2CCCCC2)cc1. The first-order chi connectivity index (χ1) is 15.2. The molecule has 31 heavy (non-hydrogen) atoms. The Morgan fingerprint density at radius 1 is 0.968 bits per heavy atom. The van der Waals surface area contributed by atoms with E-state index < -0.39 is 0 Å². The monoisotopic (exact) mass is 437 g/mol. The molecule has 0 amide bonds. The highest BCUT2D eigenvalue weighted by Gasteiger charge is 2.16. The lowest BCUT2D eigenvalue weighted by Gasteiger charge is -2.25. The van der Waals surface area contributed by atoms with Crippen molar-refractivity contribution >= 4 is 17.4 Å². The number of benzene rings is 2. The minimum Gasteiger partial charge on any atom is -0.497 e. The van der Waals surface area contributed by atoms with E-state index in [4.69, 9.17) is 4.74 Å². The van der Waals surface area contributed by atoms with Gasteiger partial charge in [0.05, 0.1) is 13.7 Å². The van der Waals surface area contributed by atoms with Crippen LogP contribution in [0.4, 0.5) is 5.69 Å². The van der Waals surface area contributed by atoms with Gasteiger partial charge in [-0.05, 0) is 69.3 Å². The molecule has 0 unspecified atom stereocenters. The maximum absolute atomic E-state index is 5.33. The number of nitrogens with one attached hydrogen (secondary N) is 1. The Hall–Kier alpha value is -2.51. The highest BCUT2D eigenvalue weighted by atomic mass is 32.2. The third-order valence-electron chi connectivity index (χ3n) is 5.62. The van der Waals surface area contributed by atoms with Gasteiger partial charge in [0.1, 0.15) is 5.75 Å². The molecule has 1 saturated heterocycles. The molecule has 3 aromatic rings. The summed E-state index contributed by atoms with van der Waals surface area (Å²) in [5.41, 5.74) is 3.38. The average molecular weight is 438 g/mol. The predicted octanol–water partition coefficient (Wildman–Crippen LogP) is 4.77. The van der Waals surface area contributed by atoms with Crippen molar-refractivity contribution in [3.8, 4) is 11.4 Å². The molecule has 7 heteroatoms. The number of hydrogen-bond donors (Lipinski definition) is 1. The summed E-state index contributed by atoms with van der Waals surface area (Å²) in [6, 6.07) is 16.5. The van der Waals surface area contributed by atoms with Crippen LogP contribution in [0.2, 0.25) is 0 Å². The van der Waals surface area contributed by atoms with Gasteiger partial charge in [0.2, 0.25) is 0 Å². The first-order valence-corrected chi connectivity index (χ1v) is 12.0. The molecule has 2 heterocycles. The number of thioether (sulfide) groups is 1. The number of ether oxygens (including phenoxy) is 1. The van der Waals surface area contributed by atoms with Crippen LogP contribution in [0.15, 0.2) is 53.7 Å². The molecule has 0 atom stereocenters. The van der Waals surface area contributed by atoms with E-state index in [1.807, 2.05) is 12.1 Å². The van der Waals surface area contributed by atoms with Crippen molar-refractivity contribution in [1.82, 2.24) is 19.7 Å². The second-order valence-corrected chi connectivity index (χ2v) is 8.96. The molecule has 2 aromatic carbocycles. The maximum Gasteiger partial charge on any atom is 0.195 e. The van der Waals surface area contributed by atoms with E-state index in [0.29, 0.717) is 6.54 Å². The van der Waals surface area contributed by atoms with Gasteiger partial charge in [0.15, 0.2) is 11.0 Å². The van der Waals surface area contributed by atoms with Gasteiger partial charge in [-0.25, -0.2) is 0 Å². The summed E-state index contributed by atoms with van der Waals surface area (Å²) in [5, 5.41) is 13.5. The van der Waals surface area contributed by atoms with Gasteiger partial charge in [-0.15, -0.1) is 10.2 Å². The molecule has 164 valence electrons. The van der Waals surface area contributed by atoms with Crippen molar-refractivity contribution in [3.63, 3.8) is 0 Å². The van der Waals surface area contributed by atoms with E-state index in [1.54, 1.807) is 18.9 Å². The summed E-state index contributed by atoms with van der Waals surface area (Å²) in [6.45, 7) is 6.23. The lowest BCUT2D eigenvalue weighted by molar-refractivity contribution is 0.242. The average Bonchev–Trinajstić information content (AvgIpc) is 3.22. The van der Waals surface area contributed by atoms with Crippen LogP contribution in [-0.4, -0.2) is 52.2 Å². The molecule has 1 aromatic heterocycles. The summed E-state index contributed by atoms with van der Waals surface area (Å²) >= 11 is 1.78. The summed E-state index contributed by atoms with van der Waals surface area (Å²) in [4.78, 5) is 2.56. The highest BCUT2D eigenvalue weighted by molar-refractivity contribution is 7.99. The molecule has 1 fully saturated rings. The van der Waals surface area contributed by atoms with E-state index in [1.165, 1.54) is 37.9 Å². The Labute approximate surface area is 189 Å². The number of piperidine rings is 1. The van der Waals surface area contributed by atoms with Crippen LogP contribution < -0.4 is 10.1 Å². The fourth-order valence-electron chi connectivity index (χ4n) is 3.80. The molecule has 1 aliphatic rings. The van der Waals surface area contributed by atoms with E-state index in [9.17, 15) is 0 Å². The smallest absolute Gasteiger partial charge is 0.195 e. The Morgan fingerprint density at radius 3 is 2.42 bits per heavy atom. The van der Waals surface area contributed by atoms with Crippen LogP contribution in [0.3, 0.4) is 0 Å². The minimum absolute atomic E-state index is 0.606. The van der Waals surface area contributed by atoms with Crippen LogP contribution >= 0.6 is 11.8 Å². The lowest BCUT2D eigenvalue weighted by atomic mass is 10.1. The van der Waals surface area contributed by atoms with E-state index in [-0.39, 0.29) is 0 Å². The number of likely N-dealkylation sites (tertiary alicyclic amines) is 1. The highest BCUT2D eigenvalue weighted by Crippen LogP contribution is 2.25. The van der Waals surface area contributed by atoms with Crippen LogP contribution in [0.25, 0.3) is 5.69 Å². The zero-order chi connectivity index (χ0) is 21.5. The van der Waals surface area contributed by atoms with E-state index in [2.05, 4.69) is 68.3 Å². The number of nitrogens with zero attached hydrogens (tertiary/aromatic N) is 4. The van der Waals surface area contributed by atoms with Gasteiger partial charge in [-0.2, -0.15) is 0 Å². The van der Waals surface area contributed by atoms with Crippen molar-refractivity contribution in [3.05, 3.63) is 59.9 Å². The molecule has 1 N–H and O–H groups in total. The molecular formula is C24H31N5OS. The Balaban J connectivity index is 1.49. The minimum atomic E-state index is 0.606. The number of methoxy groups -OCH3 is 1. The van der Waals surface area contributed by atoms with Crippen molar-refractivity contribution in [2.75, 3.05) is 37.8 Å². The molecule has 6 nitrogen and oxygen atoms in total. The summed E-state index contributed by atoms with van der Waals surface area (Å²) in [7, 11) is 1.69. The predicted molar refractivity (Wildman–Crippen MR) is 127 cm³/mol. The summed E-state index contributed by atoms with van der Waals surface area (Å²) in [5.74, 6) is 2.75. The maximum atomic E-state index is 5.33. The van der Waals surface area contributed by atoms with E-state index in [0.717, 1.165) is 40.4 Å². The van der Waals surface area contributed by atoms with E-state index >= 15 is 0 Å². The molecule has 0 spiro atoms. The number of aromatic nitrogens is 3. The second kappa shape index (κ2) is 10.7. The number of hydrogen-bond acceptors (Lipinski definition) is 6. The van der Waals surface area contributed by atoms with Gasteiger partial charge >= 0.3 is 0 Å². The van der Waals surface area contributed by atoms with Crippen LogP contribution in [0, 0.1) is 6.92 Å². The molecule has 0 saturated carbocycles. The Morgan fingerprint density at radius 2 is 1.71 bits per heavy atom. The van der Waals surface area contributed by atoms with Crippen molar-refractivity contribution < 1.29 is 4.74 Å². The van der Waals surface area contributed by atoms with Gasteiger partial charge < -0.3 is 15.0 Å². The van der Waals surface area contributed by atoms with Crippen molar-refractivity contribution in [2.24, 2.45) is 0 Å². The van der Waals surface area contributed by atoms with Crippen molar-refractivity contribution in [2.45, 2.75) is 37.9 Å². The third kappa shape index (κ3) is 5.80. The molecule has 0 aliphatic carbocycles. The normalized spacial score (nSPS) is 14.5. The zero-order valence-electron chi connectivity index (χ0n) is 18.4. The summed E-state index contributed by atoms with van der Waals surface area (Å²) in [6.07, 6.45) is 4.01. The number of aryl methyl sites for hydroxylation is 1. The van der Waals surface area contributed by atoms with Gasteiger partial charge in [-0.3, -0.25) is 4.57 Å². The lowest BCUT2D eigenvalue weighted by Crippen LogP contribution is -2.31. The molecule has 4 rings (SSSR count). The number of anilines is 1. The topological polar surface area (TPSA) is 55.2 Å². The standard InChI is InChI=1S/C24H31N5OS/c1-19-6-8-20(9-7-19)25-18-23-26-27-24(31-17-16-28-14-4-3-5-15-28)29(23)21-10-12-22(30-2)13-11-21/h6-13,25H,3-5,14-18H2,1-2H3. The van der Waals surface area contributed by atoms with Gasteiger partial charge in [-0.1, -0.05) is 35.9 Å². The van der Waals surface area contributed by atoms with Crippen LogP contribution in [0.5, 0.6) is 5.75 Å². The largest absolute Gasteiger partial charge is 0.497 e. The fraction of sp³-hybridized carbons (Fsp3) is 0.417. The first kappa shape index (κ1) is 21.7. The Kier molecular flexibility index (Phi) is 7.48. The second-order valence-electron chi connectivity index (χ2n) is 7.90. The zero-order valence-corrected chi connectivity index (χ0v) is 19.2. The molecule has 0 bridgehead atoms. The molecule has 0 radical (unpaired) electrons. The molecular weight excluding hydrogens is 406 g/mol. The Bertz CT molecular complexity index is 949. The molecule has 1 aliphatic heterocycles. The van der Waals surface area contributed by atoms with Gasteiger partial charge in [0.25, 0.3) is 0 Å². The summed E-state index contributed by atoms with van der Waals surface area (Å²) < 4.78 is 7.48.